The summed E-state index contributed by atoms with van der Waals surface area (Å²) in [7, 11) is 0. The summed E-state index contributed by atoms with van der Waals surface area (Å²) >= 11 is 1.17. The number of aliphatic hydroxyl groups excluding tert-OH is 2. The number of carbonyl (C=O) groups excluding carboxylic acids is 1. The first-order valence-corrected chi connectivity index (χ1v) is 6.34. The van der Waals surface area contributed by atoms with Crippen LogP contribution in [0.5, 0.6) is 0 Å². The lowest BCUT2D eigenvalue weighted by molar-refractivity contribution is -0.384. The quantitative estimate of drug-likeness (QED) is 0.433. The highest BCUT2D eigenvalue weighted by atomic mass is 32.2. The van der Waals surface area contributed by atoms with Gasteiger partial charge in [0.05, 0.1) is 23.4 Å². The molecule has 1 aromatic carbocycles. The number of Topliss-reactive ketones (excluding diaryl/α,β-unsaturated/α-hetero) is 1. The summed E-state index contributed by atoms with van der Waals surface area (Å²) in [5.41, 5.74) is 0.149. The van der Waals surface area contributed by atoms with Crippen molar-refractivity contribution in [1.82, 2.24) is 0 Å². The fourth-order valence-electron chi connectivity index (χ4n) is 1.22. The Morgan fingerprint density at radius 2 is 2.22 bits per heavy atom. The zero-order chi connectivity index (χ0) is 13.5. The van der Waals surface area contributed by atoms with E-state index >= 15 is 0 Å². The second-order valence-corrected chi connectivity index (χ2v) is 4.61. The molecule has 0 aliphatic heterocycles. The van der Waals surface area contributed by atoms with Crippen molar-refractivity contribution in [2.75, 3.05) is 18.1 Å². The molecule has 98 valence electrons. The van der Waals surface area contributed by atoms with Crippen LogP contribution in [0.1, 0.15) is 10.4 Å². The molecule has 0 amide bonds. The maximum atomic E-state index is 11.7. The molecule has 0 aromatic heterocycles. The topological polar surface area (TPSA) is 101 Å². The normalized spacial score (nSPS) is 12.1. The first kappa shape index (κ1) is 14.6. The van der Waals surface area contributed by atoms with Crippen molar-refractivity contribution in [1.29, 1.82) is 0 Å². The van der Waals surface area contributed by atoms with E-state index in [0.717, 1.165) is 0 Å². The summed E-state index contributed by atoms with van der Waals surface area (Å²) in [6.07, 6.45) is -0.854. The molecule has 1 unspecified atom stereocenters. The highest BCUT2D eigenvalue weighted by Gasteiger charge is 2.12. The second-order valence-electron chi connectivity index (χ2n) is 3.58. The first-order chi connectivity index (χ1) is 8.54. The number of nitro groups is 1. The third-order valence-electron chi connectivity index (χ3n) is 2.13. The van der Waals surface area contributed by atoms with Gasteiger partial charge in [-0.3, -0.25) is 14.9 Å². The predicted molar refractivity (Wildman–Crippen MR) is 67.8 cm³/mol. The molecule has 0 aliphatic rings. The SMILES string of the molecule is O=C(CSCC(O)CO)c1cccc([N+](=O)[O-])c1. The number of rotatable bonds is 7. The molecule has 6 nitrogen and oxygen atoms in total. The average Bonchev–Trinajstić information content (AvgIpc) is 2.38. The van der Waals surface area contributed by atoms with E-state index in [0.29, 0.717) is 0 Å². The second kappa shape index (κ2) is 7.10. The third kappa shape index (κ3) is 4.44. The largest absolute Gasteiger partial charge is 0.394 e. The van der Waals surface area contributed by atoms with Gasteiger partial charge in [0.15, 0.2) is 5.78 Å². The van der Waals surface area contributed by atoms with Crippen molar-refractivity contribution in [3.63, 3.8) is 0 Å². The van der Waals surface area contributed by atoms with Gasteiger partial charge in [0.2, 0.25) is 0 Å². The minimum atomic E-state index is -0.854. The predicted octanol–water partition coefficient (Wildman–Crippen LogP) is 0.864. The molecule has 1 atom stereocenters. The van der Waals surface area contributed by atoms with Gasteiger partial charge in [-0.2, -0.15) is 11.8 Å². The molecule has 7 heteroatoms. The number of thioether (sulfide) groups is 1. The Morgan fingerprint density at radius 3 is 2.83 bits per heavy atom. The van der Waals surface area contributed by atoms with Gasteiger partial charge in [-0.15, -0.1) is 0 Å². The number of ketones is 1. The van der Waals surface area contributed by atoms with Crippen LogP contribution in [0, 0.1) is 10.1 Å². The standard InChI is InChI=1S/C11H13NO5S/c13-5-10(14)6-18-7-11(15)8-2-1-3-9(4-8)12(16)17/h1-4,10,13-14H,5-7H2. The lowest BCUT2D eigenvalue weighted by Crippen LogP contribution is -2.16. The number of carbonyl (C=O) groups is 1. The Bertz CT molecular complexity index is 437. The molecule has 0 fully saturated rings. The zero-order valence-electron chi connectivity index (χ0n) is 9.48. The number of nitro benzene ring substituents is 1. The van der Waals surface area contributed by atoms with E-state index in [9.17, 15) is 14.9 Å². The van der Waals surface area contributed by atoms with E-state index in [1.54, 1.807) is 0 Å². The third-order valence-corrected chi connectivity index (χ3v) is 3.22. The van der Waals surface area contributed by atoms with Crippen LogP contribution in [-0.4, -0.2) is 45.1 Å². The van der Waals surface area contributed by atoms with E-state index in [1.807, 2.05) is 0 Å². The van der Waals surface area contributed by atoms with Crippen LogP contribution in [-0.2, 0) is 0 Å². The van der Waals surface area contributed by atoms with E-state index in [2.05, 4.69) is 0 Å². The van der Waals surface area contributed by atoms with Crippen LogP contribution >= 0.6 is 11.8 Å². The first-order valence-electron chi connectivity index (χ1n) is 5.19. The van der Waals surface area contributed by atoms with E-state index in [1.165, 1.54) is 36.0 Å². The molecule has 0 aliphatic carbocycles. The summed E-state index contributed by atoms with van der Waals surface area (Å²) in [6.45, 7) is -0.349. The number of aliphatic hydroxyl groups is 2. The van der Waals surface area contributed by atoms with Crippen LogP contribution < -0.4 is 0 Å². The van der Waals surface area contributed by atoms with Gasteiger partial charge in [0.1, 0.15) is 0 Å². The molecule has 0 radical (unpaired) electrons. The monoisotopic (exact) mass is 271 g/mol. The van der Waals surface area contributed by atoms with Crippen LogP contribution in [0.25, 0.3) is 0 Å². The van der Waals surface area contributed by atoms with Gasteiger partial charge in [0.25, 0.3) is 5.69 Å². The Morgan fingerprint density at radius 1 is 1.50 bits per heavy atom. The van der Waals surface area contributed by atoms with Gasteiger partial charge in [-0.1, -0.05) is 12.1 Å². The Hall–Kier alpha value is -1.44. The van der Waals surface area contributed by atoms with E-state index in [4.69, 9.17) is 10.2 Å². The molecule has 0 heterocycles. The molecular weight excluding hydrogens is 258 g/mol. The zero-order valence-corrected chi connectivity index (χ0v) is 10.3. The van der Waals surface area contributed by atoms with Crippen molar-refractivity contribution >= 4 is 23.2 Å². The molecule has 2 N–H and O–H groups in total. The molecule has 1 rings (SSSR count). The van der Waals surface area contributed by atoms with E-state index in [-0.39, 0.29) is 35.1 Å². The van der Waals surface area contributed by atoms with Crippen molar-refractivity contribution in [3.05, 3.63) is 39.9 Å². The van der Waals surface area contributed by atoms with Crippen LogP contribution in [0.2, 0.25) is 0 Å². The Balaban J connectivity index is 2.56. The van der Waals surface area contributed by atoms with E-state index < -0.39 is 11.0 Å². The molecule has 0 saturated heterocycles. The smallest absolute Gasteiger partial charge is 0.270 e. The van der Waals surface area contributed by atoms with Gasteiger partial charge in [-0.05, 0) is 0 Å². The van der Waals surface area contributed by atoms with Crippen LogP contribution in [0.4, 0.5) is 5.69 Å². The van der Waals surface area contributed by atoms with Crippen LogP contribution in [0.15, 0.2) is 24.3 Å². The lowest BCUT2D eigenvalue weighted by Gasteiger charge is -2.05. The van der Waals surface area contributed by atoms with Crippen molar-refractivity contribution in [2.45, 2.75) is 6.10 Å². The molecule has 18 heavy (non-hydrogen) atoms. The fraction of sp³-hybridized carbons (Fsp3) is 0.364. The fourth-order valence-corrected chi connectivity index (χ4v) is 2.06. The highest BCUT2D eigenvalue weighted by Crippen LogP contribution is 2.15. The summed E-state index contributed by atoms with van der Waals surface area (Å²) in [5, 5.41) is 28.2. The minimum absolute atomic E-state index is 0.109. The lowest BCUT2D eigenvalue weighted by atomic mass is 10.1. The summed E-state index contributed by atoms with van der Waals surface area (Å²) in [5.74, 6) is 0.115. The van der Waals surface area contributed by atoms with Crippen LogP contribution in [0.3, 0.4) is 0 Å². The number of benzene rings is 1. The number of hydrogen-bond acceptors (Lipinski definition) is 6. The maximum absolute atomic E-state index is 11.7. The molecule has 0 spiro atoms. The number of hydrogen-bond donors (Lipinski definition) is 2. The Labute approximate surface area is 108 Å². The van der Waals surface area contributed by atoms with Gasteiger partial charge < -0.3 is 10.2 Å². The van der Waals surface area contributed by atoms with Crippen molar-refractivity contribution < 1.29 is 19.9 Å². The summed E-state index contributed by atoms with van der Waals surface area (Å²) in [6, 6.07) is 5.52. The Kier molecular flexibility index (Phi) is 5.76. The van der Waals surface area contributed by atoms with Gasteiger partial charge >= 0.3 is 0 Å². The molecule has 0 bridgehead atoms. The minimum Gasteiger partial charge on any atom is -0.394 e. The average molecular weight is 271 g/mol. The molecular formula is C11H13NO5S. The van der Waals surface area contributed by atoms with Gasteiger partial charge in [0, 0.05) is 23.4 Å². The number of nitrogens with zero attached hydrogens (tertiary/aromatic N) is 1. The molecule has 1 aromatic rings. The number of non-ortho nitro benzene ring substituents is 1. The highest BCUT2D eigenvalue weighted by molar-refractivity contribution is 8.00. The van der Waals surface area contributed by atoms with Crippen molar-refractivity contribution in [3.8, 4) is 0 Å². The maximum Gasteiger partial charge on any atom is 0.270 e. The summed E-state index contributed by atoms with van der Waals surface area (Å²) in [4.78, 5) is 21.7. The van der Waals surface area contributed by atoms with Crippen molar-refractivity contribution in [2.24, 2.45) is 0 Å². The molecule has 0 saturated carbocycles. The van der Waals surface area contributed by atoms with Gasteiger partial charge in [-0.25, -0.2) is 0 Å². The summed E-state index contributed by atoms with van der Waals surface area (Å²) < 4.78 is 0.